The Morgan fingerprint density at radius 3 is 1.71 bits per heavy atom. The average molecular weight is 492 g/mol. The van der Waals surface area contributed by atoms with Crippen molar-refractivity contribution in [2.75, 3.05) is 4.90 Å². The molecule has 38 heavy (non-hydrogen) atoms. The highest BCUT2D eigenvalue weighted by Crippen LogP contribution is 2.45. The molecule has 0 aliphatic carbocycles. The maximum atomic E-state index is 5.66. The predicted octanol–water partition coefficient (Wildman–Crippen LogP) is 10.7. The number of rotatable bonds is 4. The first-order valence-electron chi connectivity index (χ1n) is 13.1. The van der Waals surface area contributed by atoms with Gasteiger partial charge in [0, 0.05) is 27.5 Å². The van der Waals surface area contributed by atoms with Crippen molar-refractivity contribution < 1.29 is 8.83 Å². The van der Waals surface area contributed by atoms with Crippen LogP contribution in [-0.2, 0) is 0 Å². The fourth-order valence-electron chi connectivity index (χ4n) is 6.12. The number of hydrogen-bond donors (Lipinski definition) is 0. The number of anilines is 3. The summed E-state index contributed by atoms with van der Waals surface area (Å²) < 4.78 is 11.3. The van der Waals surface area contributed by atoms with Gasteiger partial charge in [0.1, 0.15) is 11.2 Å². The Hall–Kier alpha value is -4.76. The Labute approximate surface area is 219 Å². The standard InChI is InChI=1S/C35H25NO2/c1-21(2)28-9-3-22-5-11-30-31(12-6-23-4-10-29(28)34(22)35(23)30)36(26-7-13-32-24(19-26)15-17-37-32)27-8-14-33-25(20-27)16-18-38-33/h3-21H,1-2H3. The van der Waals surface area contributed by atoms with Crippen LogP contribution in [0.1, 0.15) is 25.3 Å². The fraction of sp³-hybridized carbons (Fsp3) is 0.0857. The minimum atomic E-state index is 0.457. The molecule has 0 radical (unpaired) electrons. The molecular weight excluding hydrogens is 466 g/mol. The van der Waals surface area contributed by atoms with Gasteiger partial charge in [0.15, 0.2) is 0 Å². The number of fused-ring (bicyclic) bond motifs is 2. The number of benzene rings is 6. The van der Waals surface area contributed by atoms with E-state index >= 15 is 0 Å². The second kappa shape index (κ2) is 7.87. The lowest BCUT2D eigenvalue weighted by Gasteiger charge is -2.28. The molecule has 0 fully saturated rings. The maximum Gasteiger partial charge on any atom is 0.133 e. The van der Waals surface area contributed by atoms with E-state index in [1.165, 1.54) is 37.9 Å². The molecule has 0 bridgehead atoms. The molecule has 0 aliphatic heterocycles. The summed E-state index contributed by atoms with van der Waals surface area (Å²) in [4.78, 5) is 2.36. The average Bonchev–Trinajstić information content (AvgIpc) is 3.61. The van der Waals surface area contributed by atoms with Gasteiger partial charge in [0.25, 0.3) is 0 Å². The van der Waals surface area contributed by atoms with Crippen molar-refractivity contribution in [2.24, 2.45) is 0 Å². The Balaban J connectivity index is 1.46. The van der Waals surface area contributed by atoms with Crippen molar-refractivity contribution in [2.45, 2.75) is 19.8 Å². The number of furan rings is 2. The van der Waals surface area contributed by atoms with Crippen LogP contribution in [-0.4, -0.2) is 0 Å². The van der Waals surface area contributed by atoms with Gasteiger partial charge in [-0.25, -0.2) is 0 Å². The molecule has 3 heteroatoms. The van der Waals surface area contributed by atoms with Crippen LogP contribution in [0.4, 0.5) is 17.1 Å². The summed E-state index contributed by atoms with van der Waals surface area (Å²) in [6.45, 7) is 4.55. The van der Waals surface area contributed by atoms with Gasteiger partial charge in [-0.3, -0.25) is 0 Å². The molecule has 0 unspecified atom stereocenters. The van der Waals surface area contributed by atoms with E-state index < -0.39 is 0 Å². The zero-order chi connectivity index (χ0) is 25.4. The molecule has 0 spiro atoms. The minimum absolute atomic E-state index is 0.457. The molecule has 0 N–H and O–H groups in total. The van der Waals surface area contributed by atoms with E-state index in [-0.39, 0.29) is 0 Å². The first-order valence-corrected chi connectivity index (χ1v) is 13.1. The summed E-state index contributed by atoms with van der Waals surface area (Å²) >= 11 is 0. The highest BCUT2D eigenvalue weighted by molar-refractivity contribution is 6.26. The normalized spacial score (nSPS) is 12.2. The first kappa shape index (κ1) is 21.3. The van der Waals surface area contributed by atoms with Crippen LogP contribution in [0.3, 0.4) is 0 Å². The van der Waals surface area contributed by atoms with Crippen LogP contribution < -0.4 is 4.90 Å². The summed E-state index contributed by atoms with van der Waals surface area (Å²) in [6, 6.07) is 35.1. The lowest BCUT2D eigenvalue weighted by atomic mass is 9.88. The lowest BCUT2D eigenvalue weighted by Crippen LogP contribution is -2.10. The van der Waals surface area contributed by atoms with E-state index in [9.17, 15) is 0 Å². The van der Waals surface area contributed by atoms with Gasteiger partial charge in [0.05, 0.1) is 18.2 Å². The molecule has 8 aromatic rings. The van der Waals surface area contributed by atoms with Crippen molar-refractivity contribution in [3.8, 4) is 0 Å². The summed E-state index contributed by atoms with van der Waals surface area (Å²) in [6.07, 6.45) is 3.50. The van der Waals surface area contributed by atoms with E-state index in [4.69, 9.17) is 8.83 Å². The first-order chi connectivity index (χ1) is 18.7. The molecule has 2 aromatic heterocycles. The van der Waals surface area contributed by atoms with E-state index in [0.29, 0.717) is 5.92 Å². The molecule has 0 saturated carbocycles. The molecule has 6 aromatic carbocycles. The Bertz CT molecular complexity index is 2050. The monoisotopic (exact) mass is 491 g/mol. The summed E-state index contributed by atoms with van der Waals surface area (Å²) in [7, 11) is 0. The van der Waals surface area contributed by atoms with Crippen LogP contribution in [0, 0.1) is 0 Å². The van der Waals surface area contributed by atoms with Gasteiger partial charge in [-0.15, -0.1) is 0 Å². The van der Waals surface area contributed by atoms with E-state index in [2.05, 4.69) is 104 Å². The Morgan fingerprint density at radius 1 is 0.526 bits per heavy atom. The smallest absolute Gasteiger partial charge is 0.133 e. The molecule has 182 valence electrons. The van der Waals surface area contributed by atoms with Gasteiger partial charge < -0.3 is 13.7 Å². The van der Waals surface area contributed by atoms with Crippen molar-refractivity contribution in [1.82, 2.24) is 0 Å². The van der Waals surface area contributed by atoms with Gasteiger partial charge in [-0.2, -0.15) is 0 Å². The van der Waals surface area contributed by atoms with Crippen molar-refractivity contribution in [1.29, 1.82) is 0 Å². The predicted molar refractivity (Wildman–Crippen MR) is 158 cm³/mol. The molecule has 0 amide bonds. The zero-order valence-corrected chi connectivity index (χ0v) is 21.2. The molecule has 0 atom stereocenters. The molecule has 0 saturated heterocycles. The van der Waals surface area contributed by atoms with Gasteiger partial charge >= 0.3 is 0 Å². The third-order valence-electron chi connectivity index (χ3n) is 7.93. The van der Waals surface area contributed by atoms with Crippen LogP contribution in [0.15, 0.2) is 118 Å². The molecule has 0 aliphatic rings. The van der Waals surface area contributed by atoms with Crippen LogP contribution in [0.25, 0.3) is 54.3 Å². The highest BCUT2D eigenvalue weighted by Gasteiger charge is 2.20. The van der Waals surface area contributed by atoms with E-state index in [1.54, 1.807) is 12.5 Å². The lowest BCUT2D eigenvalue weighted by molar-refractivity contribution is 0.615. The molecule has 8 rings (SSSR count). The van der Waals surface area contributed by atoms with Crippen molar-refractivity contribution in [3.05, 3.63) is 115 Å². The number of nitrogens with zero attached hydrogens (tertiary/aromatic N) is 1. The summed E-state index contributed by atoms with van der Waals surface area (Å²) in [5, 5.41) is 9.96. The second-order valence-electron chi connectivity index (χ2n) is 10.4. The Morgan fingerprint density at radius 2 is 1.08 bits per heavy atom. The Kier molecular flexibility index (Phi) is 4.42. The van der Waals surface area contributed by atoms with Crippen LogP contribution >= 0.6 is 0 Å². The minimum Gasteiger partial charge on any atom is -0.464 e. The summed E-state index contributed by atoms with van der Waals surface area (Å²) in [5.74, 6) is 0.457. The quantitative estimate of drug-likeness (QED) is 0.229. The van der Waals surface area contributed by atoms with Crippen molar-refractivity contribution in [3.63, 3.8) is 0 Å². The van der Waals surface area contributed by atoms with E-state index in [1.807, 2.05) is 12.1 Å². The second-order valence-corrected chi connectivity index (χ2v) is 10.4. The largest absolute Gasteiger partial charge is 0.464 e. The van der Waals surface area contributed by atoms with Gasteiger partial charge in [0.2, 0.25) is 0 Å². The van der Waals surface area contributed by atoms with Crippen molar-refractivity contribution >= 4 is 71.3 Å². The van der Waals surface area contributed by atoms with Gasteiger partial charge in [-0.1, -0.05) is 56.3 Å². The topological polar surface area (TPSA) is 29.5 Å². The third-order valence-corrected chi connectivity index (χ3v) is 7.93. The van der Waals surface area contributed by atoms with Crippen LogP contribution in [0.5, 0.6) is 0 Å². The summed E-state index contributed by atoms with van der Waals surface area (Å²) in [5.41, 5.74) is 6.47. The third kappa shape index (κ3) is 3.02. The number of hydrogen-bond acceptors (Lipinski definition) is 3. The SMILES string of the molecule is CC(C)c1ccc2ccc3c(N(c4ccc5occc5c4)c4ccc5occc5c4)ccc4ccc1c2c43. The fourth-order valence-corrected chi connectivity index (χ4v) is 6.12. The highest BCUT2D eigenvalue weighted by atomic mass is 16.3. The zero-order valence-electron chi connectivity index (χ0n) is 21.2. The molecular formula is C35H25NO2. The molecule has 3 nitrogen and oxygen atoms in total. The molecule has 2 heterocycles. The maximum absolute atomic E-state index is 5.66. The van der Waals surface area contributed by atoms with E-state index in [0.717, 1.165) is 39.0 Å². The van der Waals surface area contributed by atoms with Crippen LogP contribution in [0.2, 0.25) is 0 Å². The van der Waals surface area contributed by atoms with Gasteiger partial charge in [-0.05, 0) is 93.0 Å².